The van der Waals surface area contributed by atoms with Crippen molar-refractivity contribution in [3.8, 4) is 0 Å². The number of nitrogens with one attached hydrogen (secondary N) is 2. The fraction of sp³-hybridized carbons (Fsp3) is 0.231. The van der Waals surface area contributed by atoms with Gasteiger partial charge in [-0.1, -0.05) is 19.9 Å². The first-order chi connectivity index (χ1) is 9.16. The summed E-state index contributed by atoms with van der Waals surface area (Å²) in [5.74, 6) is -0.0452. The van der Waals surface area contributed by atoms with Crippen LogP contribution in [0.4, 0.5) is 0 Å². The number of carbonyl (C=O) groups is 1. The quantitative estimate of drug-likeness (QED) is 0.646. The smallest absolute Gasteiger partial charge is 0.282 e. The van der Waals surface area contributed by atoms with Crippen LogP contribution in [0.25, 0.3) is 0 Å². The molecule has 98 valence electrons. The normalized spacial score (nSPS) is 11.1. The molecule has 0 aliphatic heterocycles. The molecule has 6 heteroatoms. The Kier molecular flexibility index (Phi) is 4.02. The van der Waals surface area contributed by atoms with Crippen LogP contribution in [0, 0.1) is 0 Å². The van der Waals surface area contributed by atoms with E-state index in [2.05, 4.69) is 25.7 Å². The van der Waals surface area contributed by atoms with E-state index in [-0.39, 0.29) is 5.91 Å². The number of aromatic amines is 1. The lowest BCUT2D eigenvalue weighted by molar-refractivity contribution is 0.0950. The molecule has 0 radical (unpaired) electrons. The number of hydrogen-bond donors (Lipinski definition) is 2. The number of amides is 1. The summed E-state index contributed by atoms with van der Waals surface area (Å²) in [7, 11) is 0. The zero-order valence-corrected chi connectivity index (χ0v) is 10.8. The summed E-state index contributed by atoms with van der Waals surface area (Å²) in [5, 5.41) is 10.6. The van der Waals surface area contributed by atoms with Crippen molar-refractivity contribution < 1.29 is 4.79 Å². The number of pyridine rings is 1. The summed E-state index contributed by atoms with van der Waals surface area (Å²) in [6.07, 6.45) is 4.86. The van der Waals surface area contributed by atoms with Crippen molar-refractivity contribution in [3.63, 3.8) is 0 Å². The molecular formula is C13H15N5O. The molecule has 19 heavy (non-hydrogen) atoms. The third-order valence-corrected chi connectivity index (χ3v) is 2.52. The monoisotopic (exact) mass is 257 g/mol. The second kappa shape index (κ2) is 5.90. The number of nitrogens with zero attached hydrogens (tertiary/aromatic N) is 3. The van der Waals surface area contributed by atoms with Gasteiger partial charge in [-0.2, -0.15) is 10.2 Å². The Morgan fingerprint density at radius 1 is 1.53 bits per heavy atom. The van der Waals surface area contributed by atoms with E-state index in [1.165, 1.54) is 6.21 Å². The lowest BCUT2D eigenvalue weighted by atomic mass is 10.1. The molecule has 2 aromatic rings. The summed E-state index contributed by atoms with van der Waals surface area (Å²) in [4.78, 5) is 15.7. The van der Waals surface area contributed by atoms with Crippen LogP contribution in [0.3, 0.4) is 0 Å². The molecule has 0 aliphatic rings. The van der Waals surface area contributed by atoms with Gasteiger partial charge < -0.3 is 0 Å². The Morgan fingerprint density at radius 2 is 2.37 bits per heavy atom. The summed E-state index contributed by atoms with van der Waals surface area (Å²) < 4.78 is 0. The first-order valence-corrected chi connectivity index (χ1v) is 5.95. The van der Waals surface area contributed by atoms with Gasteiger partial charge in [0.1, 0.15) is 0 Å². The van der Waals surface area contributed by atoms with Gasteiger partial charge in [-0.25, -0.2) is 5.43 Å². The Morgan fingerprint density at radius 3 is 3.00 bits per heavy atom. The minimum Gasteiger partial charge on any atom is -0.282 e. The Balaban J connectivity index is 1.96. The number of aromatic nitrogens is 3. The topological polar surface area (TPSA) is 83.0 Å². The van der Waals surface area contributed by atoms with Gasteiger partial charge in [0.2, 0.25) is 0 Å². The maximum absolute atomic E-state index is 11.7. The van der Waals surface area contributed by atoms with Crippen LogP contribution in [-0.4, -0.2) is 27.3 Å². The van der Waals surface area contributed by atoms with Crippen molar-refractivity contribution in [2.24, 2.45) is 5.10 Å². The second-order valence-electron chi connectivity index (χ2n) is 4.35. The Hall–Kier alpha value is -2.50. The molecule has 2 aromatic heterocycles. The second-order valence-corrected chi connectivity index (χ2v) is 4.35. The third-order valence-electron chi connectivity index (χ3n) is 2.52. The average Bonchev–Trinajstić information content (AvgIpc) is 2.89. The van der Waals surface area contributed by atoms with E-state index in [4.69, 9.17) is 0 Å². The van der Waals surface area contributed by atoms with Crippen LogP contribution in [0.1, 0.15) is 41.5 Å². The van der Waals surface area contributed by atoms with Gasteiger partial charge in [-0.3, -0.25) is 14.9 Å². The molecule has 1 amide bonds. The van der Waals surface area contributed by atoms with E-state index < -0.39 is 0 Å². The van der Waals surface area contributed by atoms with Crippen molar-refractivity contribution in [1.29, 1.82) is 0 Å². The summed E-state index contributed by atoms with van der Waals surface area (Å²) in [5.41, 5.74) is 4.48. The Labute approximate surface area is 111 Å². The van der Waals surface area contributed by atoms with Gasteiger partial charge in [-0.05, 0) is 18.1 Å². The summed E-state index contributed by atoms with van der Waals surface area (Å²) >= 11 is 0. The van der Waals surface area contributed by atoms with Crippen molar-refractivity contribution in [2.75, 3.05) is 0 Å². The third kappa shape index (κ3) is 3.48. The van der Waals surface area contributed by atoms with Crippen LogP contribution < -0.4 is 5.43 Å². The number of carbonyl (C=O) groups excluding carboxylic acids is 1. The van der Waals surface area contributed by atoms with Crippen molar-refractivity contribution in [1.82, 2.24) is 20.6 Å². The standard InChI is InChI=1S/C13H15N5O/c1-9(2)11-6-12(17-16-11)13(19)18-15-8-10-4-3-5-14-7-10/h3-9H,1-2H3,(H,16,17)(H,18,19)/b15-8-. The highest BCUT2D eigenvalue weighted by atomic mass is 16.2. The fourth-order valence-corrected chi connectivity index (χ4v) is 1.42. The molecule has 2 heterocycles. The molecule has 2 rings (SSSR count). The largest absolute Gasteiger partial charge is 0.291 e. The van der Waals surface area contributed by atoms with Gasteiger partial charge in [0.15, 0.2) is 5.69 Å². The van der Waals surface area contributed by atoms with E-state index in [1.54, 1.807) is 24.5 Å². The van der Waals surface area contributed by atoms with Gasteiger partial charge in [0, 0.05) is 23.7 Å². The van der Waals surface area contributed by atoms with Gasteiger partial charge >= 0.3 is 0 Å². The molecule has 0 unspecified atom stereocenters. The van der Waals surface area contributed by atoms with Crippen molar-refractivity contribution in [2.45, 2.75) is 19.8 Å². The number of hydrogen-bond acceptors (Lipinski definition) is 4. The van der Waals surface area contributed by atoms with E-state index in [0.717, 1.165) is 11.3 Å². The molecule has 0 bridgehead atoms. The van der Waals surface area contributed by atoms with E-state index in [1.807, 2.05) is 19.9 Å². The van der Waals surface area contributed by atoms with Crippen LogP contribution in [0.5, 0.6) is 0 Å². The molecule has 0 aliphatic carbocycles. The molecular weight excluding hydrogens is 242 g/mol. The zero-order valence-electron chi connectivity index (χ0n) is 10.8. The van der Waals surface area contributed by atoms with Crippen LogP contribution in [0.2, 0.25) is 0 Å². The number of H-pyrrole nitrogens is 1. The average molecular weight is 257 g/mol. The fourth-order valence-electron chi connectivity index (χ4n) is 1.42. The van der Waals surface area contributed by atoms with Crippen LogP contribution >= 0.6 is 0 Å². The first kappa shape index (κ1) is 12.9. The number of rotatable bonds is 4. The van der Waals surface area contributed by atoms with E-state index in [0.29, 0.717) is 11.6 Å². The molecule has 0 spiro atoms. The lowest BCUT2D eigenvalue weighted by Gasteiger charge is -1.96. The van der Waals surface area contributed by atoms with Crippen molar-refractivity contribution >= 4 is 12.1 Å². The van der Waals surface area contributed by atoms with E-state index >= 15 is 0 Å². The maximum atomic E-state index is 11.7. The van der Waals surface area contributed by atoms with Crippen LogP contribution in [0.15, 0.2) is 35.7 Å². The SMILES string of the molecule is CC(C)c1cc(C(=O)N/N=C\c2cccnc2)n[nH]1. The minimum absolute atomic E-state index is 0.299. The molecule has 2 N–H and O–H groups in total. The highest BCUT2D eigenvalue weighted by molar-refractivity contribution is 5.93. The Bertz CT molecular complexity index is 574. The van der Waals surface area contributed by atoms with Crippen LogP contribution in [-0.2, 0) is 0 Å². The molecule has 0 saturated carbocycles. The molecule has 0 fully saturated rings. The molecule has 0 atom stereocenters. The van der Waals surface area contributed by atoms with E-state index in [9.17, 15) is 4.79 Å². The van der Waals surface area contributed by atoms with Gasteiger partial charge in [0.25, 0.3) is 5.91 Å². The summed E-state index contributed by atoms with van der Waals surface area (Å²) in [6.45, 7) is 4.05. The molecule has 0 saturated heterocycles. The maximum Gasteiger partial charge on any atom is 0.291 e. The lowest BCUT2D eigenvalue weighted by Crippen LogP contribution is -2.18. The first-order valence-electron chi connectivity index (χ1n) is 5.95. The highest BCUT2D eigenvalue weighted by Gasteiger charge is 2.10. The predicted octanol–water partition coefficient (Wildman–Crippen LogP) is 1.69. The van der Waals surface area contributed by atoms with Gasteiger partial charge in [-0.15, -0.1) is 0 Å². The van der Waals surface area contributed by atoms with Crippen molar-refractivity contribution in [3.05, 3.63) is 47.5 Å². The molecule has 0 aromatic carbocycles. The number of hydrazone groups is 1. The minimum atomic E-state index is -0.344. The highest BCUT2D eigenvalue weighted by Crippen LogP contribution is 2.11. The predicted molar refractivity (Wildman–Crippen MR) is 72.0 cm³/mol. The van der Waals surface area contributed by atoms with Gasteiger partial charge in [0.05, 0.1) is 6.21 Å². The molecule has 6 nitrogen and oxygen atoms in total. The summed E-state index contributed by atoms with van der Waals surface area (Å²) in [6, 6.07) is 5.36. The zero-order chi connectivity index (χ0) is 13.7.